The second-order valence-electron chi connectivity index (χ2n) is 5.02. The average molecular weight is 244 g/mol. The van der Waals surface area contributed by atoms with Gasteiger partial charge in [0.15, 0.2) is 0 Å². The number of benzene rings is 1. The van der Waals surface area contributed by atoms with E-state index in [-0.39, 0.29) is 0 Å². The Morgan fingerprint density at radius 1 is 1.33 bits per heavy atom. The van der Waals surface area contributed by atoms with Gasteiger partial charge in [-0.25, -0.2) is 0 Å². The molecule has 0 amide bonds. The summed E-state index contributed by atoms with van der Waals surface area (Å²) in [5.74, 6) is 1.60. The fourth-order valence-corrected chi connectivity index (χ4v) is 2.50. The van der Waals surface area contributed by atoms with Gasteiger partial charge in [-0.3, -0.25) is 0 Å². The first-order valence-corrected chi connectivity index (χ1v) is 6.57. The first-order chi connectivity index (χ1) is 8.74. The van der Waals surface area contributed by atoms with Crippen LogP contribution in [0.2, 0.25) is 0 Å². The van der Waals surface area contributed by atoms with Crippen molar-refractivity contribution in [3.05, 3.63) is 23.8 Å². The summed E-state index contributed by atoms with van der Waals surface area (Å²) in [6.07, 6.45) is 3.67. The number of rotatable bonds is 2. The van der Waals surface area contributed by atoms with Gasteiger partial charge < -0.3 is 9.64 Å². The number of ether oxygens (including phenoxy) is 1. The van der Waals surface area contributed by atoms with E-state index >= 15 is 0 Å². The SMILES string of the molecule is COc1ccc(C#N)c(N2CCCC(C)CC2)c1. The molecule has 0 aliphatic carbocycles. The minimum atomic E-state index is 0.741. The summed E-state index contributed by atoms with van der Waals surface area (Å²) in [4.78, 5) is 2.32. The van der Waals surface area contributed by atoms with Crippen molar-refractivity contribution in [2.75, 3.05) is 25.1 Å². The highest BCUT2D eigenvalue weighted by atomic mass is 16.5. The summed E-state index contributed by atoms with van der Waals surface area (Å²) in [6.45, 7) is 4.37. The Labute approximate surface area is 109 Å². The fourth-order valence-electron chi connectivity index (χ4n) is 2.50. The highest BCUT2D eigenvalue weighted by Gasteiger charge is 2.17. The average Bonchev–Trinajstić information content (AvgIpc) is 2.62. The lowest BCUT2D eigenvalue weighted by Crippen LogP contribution is -2.25. The van der Waals surface area contributed by atoms with Gasteiger partial charge in [-0.1, -0.05) is 6.92 Å². The van der Waals surface area contributed by atoms with Gasteiger partial charge in [-0.15, -0.1) is 0 Å². The highest BCUT2D eigenvalue weighted by molar-refractivity contribution is 5.62. The minimum Gasteiger partial charge on any atom is -0.497 e. The van der Waals surface area contributed by atoms with Gasteiger partial charge in [0.2, 0.25) is 0 Å². The summed E-state index contributed by atoms with van der Waals surface area (Å²) in [7, 11) is 1.66. The van der Waals surface area contributed by atoms with Crippen molar-refractivity contribution in [2.45, 2.75) is 26.2 Å². The number of hydrogen-bond donors (Lipinski definition) is 0. The van der Waals surface area contributed by atoms with E-state index in [1.807, 2.05) is 18.2 Å². The van der Waals surface area contributed by atoms with E-state index in [1.165, 1.54) is 19.3 Å². The van der Waals surface area contributed by atoms with Crippen LogP contribution in [0.15, 0.2) is 18.2 Å². The third-order valence-electron chi connectivity index (χ3n) is 3.68. The predicted molar refractivity (Wildman–Crippen MR) is 72.9 cm³/mol. The van der Waals surface area contributed by atoms with Crippen molar-refractivity contribution < 1.29 is 4.74 Å². The Morgan fingerprint density at radius 3 is 2.89 bits per heavy atom. The van der Waals surface area contributed by atoms with E-state index in [1.54, 1.807) is 7.11 Å². The first-order valence-electron chi connectivity index (χ1n) is 6.57. The van der Waals surface area contributed by atoms with Crippen LogP contribution in [0.25, 0.3) is 0 Å². The number of hydrogen-bond acceptors (Lipinski definition) is 3. The van der Waals surface area contributed by atoms with Gasteiger partial charge in [-0.2, -0.15) is 5.26 Å². The Hall–Kier alpha value is -1.69. The quantitative estimate of drug-likeness (QED) is 0.801. The Balaban J connectivity index is 2.27. The van der Waals surface area contributed by atoms with Gasteiger partial charge in [0, 0.05) is 19.2 Å². The number of methoxy groups -OCH3 is 1. The zero-order valence-corrected chi connectivity index (χ0v) is 11.1. The molecule has 18 heavy (non-hydrogen) atoms. The smallest absolute Gasteiger partial charge is 0.121 e. The van der Waals surface area contributed by atoms with Crippen molar-refractivity contribution in [3.8, 4) is 11.8 Å². The highest BCUT2D eigenvalue weighted by Crippen LogP contribution is 2.28. The van der Waals surface area contributed by atoms with Crippen LogP contribution >= 0.6 is 0 Å². The van der Waals surface area contributed by atoms with E-state index in [0.717, 1.165) is 36.0 Å². The second-order valence-corrected chi connectivity index (χ2v) is 5.02. The van der Waals surface area contributed by atoms with Gasteiger partial charge in [0.25, 0.3) is 0 Å². The summed E-state index contributed by atoms with van der Waals surface area (Å²) in [5.41, 5.74) is 1.76. The molecule has 0 aromatic heterocycles. The second kappa shape index (κ2) is 5.77. The Bertz CT molecular complexity index is 450. The van der Waals surface area contributed by atoms with Crippen LogP contribution in [0.3, 0.4) is 0 Å². The molecule has 0 saturated carbocycles. The molecule has 1 aliphatic rings. The fraction of sp³-hybridized carbons (Fsp3) is 0.533. The summed E-state index contributed by atoms with van der Waals surface area (Å²) in [5, 5.41) is 9.22. The molecule has 0 N–H and O–H groups in total. The van der Waals surface area contributed by atoms with Crippen LogP contribution in [0.4, 0.5) is 5.69 Å². The molecule has 1 aromatic rings. The van der Waals surface area contributed by atoms with Crippen molar-refractivity contribution >= 4 is 5.69 Å². The maximum atomic E-state index is 9.22. The minimum absolute atomic E-state index is 0.741. The standard InChI is InChI=1S/C15H20N2O/c1-12-4-3-8-17(9-7-12)15-10-14(18-2)6-5-13(15)11-16/h5-6,10,12H,3-4,7-9H2,1-2H3. The Morgan fingerprint density at radius 2 is 2.17 bits per heavy atom. The maximum Gasteiger partial charge on any atom is 0.121 e. The number of anilines is 1. The van der Waals surface area contributed by atoms with Crippen LogP contribution in [-0.4, -0.2) is 20.2 Å². The largest absolute Gasteiger partial charge is 0.497 e. The molecule has 96 valence electrons. The van der Waals surface area contributed by atoms with Gasteiger partial charge in [-0.05, 0) is 37.3 Å². The van der Waals surface area contributed by atoms with Crippen molar-refractivity contribution in [3.63, 3.8) is 0 Å². The lowest BCUT2D eigenvalue weighted by molar-refractivity contribution is 0.414. The third-order valence-corrected chi connectivity index (χ3v) is 3.68. The lowest BCUT2D eigenvalue weighted by atomic mass is 10.0. The van der Waals surface area contributed by atoms with Crippen LogP contribution in [-0.2, 0) is 0 Å². The zero-order valence-electron chi connectivity index (χ0n) is 11.1. The van der Waals surface area contributed by atoms with Crippen LogP contribution in [0.1, 0.15) is 31.7 Å². The van der Waals surface area contributed by atoms with E-state index < -0.39 is 0 Å². The molecule has 2 rings (SSSR count). The van der Waals surface area contributed by atoms with E-state index in [2.05, 4.69) is 17.9 Å². The van der Waals surface area contributed by atoms with Crippen molar-refractivity contribution in [2.24, 2.45) is 5.92 Å². The number of nitriles is 1. The van der Waals surface area contributed by atoms with E-state index in [0.29, 0.717) is 0 Å². The molecule has 1 heterocycles. The molecular formula is C15H20N2O. The number of nitrogens with zero attached hydrogens (tertiary/aromatic N) is 2. The van der Waals surface area contributed by atoms with E-state index in [4.69, 9.17) is 4.74 Å². The monoisotopic (exact) mass is 244 g/mol. The molecule has 1 atom stereocenters. The molecule has 1 fully saturated rings. The molecule has 1 aromatic carbocycles. The predicted octanol–water partition coefficient (Wildman–Crippen LogP) is 3.19. The summed E-state index contributed by atoms with van der Waals surface area (Å²) in [6, 6.07) is 7.96. The van der Waals surface area contributed by atoms with Crippen LogP contribution in [0.5, 0.6) is 5.75 Å². The Kier molecular flexibility index (Phi) is 4.09. The molecule has 0 spiro atoms. The van der Waals surface area contributed by atoms with Crippen molar-refractivity contribution in [1.82, 2.24) is 0 Å². The molecule has 3 nitrogen and oxygen atoms in total. The molecule has 1 saturated heterocycles. The van der Waals surface area contributed by atoms with Crippen LogP contribution in [0, 0.1) is 17.2 Å². The lowest BCUT2D eigenvalue weighted by Gasteiger charge is -2.24. The van der Waals surface area contributed by atoms with E-state index in [9.17, 15) is 5.26 Å². The van der Waals surface area contributed by atoms with Crippen molar-refractivity contribution in [1.29, 1.82) is 5.26 Å². The van der Waals surface area contributed by atoms with Gasteiger partial charge in [0.1, 0.15) is 11.8 Å². The molecule has 0 bridgehead atoms. The zero-order chi connectivity index (χ0) is 13.0. The molecule has 3 heteroatoms. The maximum absolute atomic E-state index is 9.22. The van der Waals surface area contributed by atoms with Gasteiger partial charge in [0.05, 0.1) is 18.4 Å². The first kappa shape index (κ1) is 12.8. The van der Waals surface area contributed by atoms with Gasteiger partial charge >= 0.3 is 0 Å². The molecule has 0 radical (unpaired) electrons. The third kappa shape index (κ3) is 2.76. The molecule has 1 unspecified atom stereocenters. The summed E-state index contributed by atoms with van der Waals surface area (Å²) >= 11 is 0. The topological polar surface area (TPSA) is 36.3 Å². The molecular weight excluding hydrogens is 224 g/mol. The van der Waals surface area contributed by atoms with Crippen LogP contribution < -0.4 is 9.64 Å². The summed E-state index contributed by atoms with van der Waals surface area (Å²) < 4.78 is 5.26. The normalized spacial score (nSPS) is 20.1. The molecule has 1 aliphatic heterocycles.